The average molecular weight is 311 g/mol. The molecule has 21 heavy (non-hydrogen) atoms. The van der Waals surface area contributed by atoms with Crippen LogP contribution >= 0.6 is 11.6 Å². The number of carbonyl (C=O) groups is 1. The number of hydrogen-bond donors (Lipinski definition) is 3. The van der Waals surface area contributed by atoms with Gasteiger partial charge in [-0.1, -0.05) is 44.2 Å². The minimum absolute atomic E-state index is 0.212. The molecular weight excluding hydrogens is 288 g/mol. The zero-order valence-corrected chi connectivity index (χ0v) is 13.1. The van der Waals surface area contributed by atoms with Crippen LogP contribution < -0.4 is 16.6 Å². The van der Waals surface area contributed by atoms with Gasteiger partial charge >= 0.3 is 0 Å². The third kappa shape index (κ3) is 4.58. The van der Waals surface area contributed by atoms with Crippen molar-refractivity contribution in [2.24, 2.45) is 17.7 Å². The summed E-state index contributed by atoms with van der Waals surface area (Å²) in [7, 11) is 0. The Hall–Kier alpha value is -1.33. The van der Waals surface area contributed by atoms with E-state index < -0.39 is 0 Å². The number of nitrogen functional groups attached to an aromatic ring is 1. The first-order valence-electron chi connectivity index (χ1n) is 7.51. The molecule has 2 rings (SSSR count). The van der Waals surface area contributed by atoms with Gasteiger partial charge in [0, 0.05) is 6.54 Å². The first kappa shape index (κ1) is 16.0. The molecule has 1 saturated carbocycles. The van der Waals surface area contributed by atoms with Crippen molar-refractivity contribution in [2.45, 2.75) is 39.0 Å². The van der Waals surface area contributed by atoms with E-state index in [1.54, 1.807) is 12.1 Å². The fourth-order valence-electron chi connectivity index (χ4n) is 2.77. The monoisotopic (exact) mass is 310 g/mol. The van der Waals surface area contributed by atoms with Crippen LogP contribution in [0.2, 0.25) is 5.02 Å². The second-order valence-electron chi connectivity index (χ2n) is 5.84. The van der Waals surface area contributed by atoms with Crippen molar-refractivity contribution < 1.29 is 4.79 Å². The minimum Gasteiger partial charge on any atom is -0.351 e. The number of nitrogens with zero attached hydrogens (tertiary/aromatic N) is 1. The van der Waals surface area contributed by atoms with Crippen LogP contribution in [0.1, 0.15) is 49.5 Å². The topological polar surface area (TPSA) is 80.0 Å². The van der Waals surface area contributed by atoms with Crippen LogP contribution in [0.3, 0.4) is 0 Å². The number of hydrazine groups is 1. The van der Waals surface area contributed by atoms with E-state index in [1.807, 2.05) is 0 Å². The van der Waals surface area contributed by atoms with E-state index in [2.05, 4.69) is 22.7 Å². The molecule has 5 nitrogen and oxygen atoms in total. The summed E-state index contributed by atoms with van der Waals surface area (Å²) in [6.07, 6.45) is 6.16. The molecule has 0 aromatic carbocycles. The Labute approximate surface area is 130 Å². The molecule has 1 aromatic heterocycles. The van der Waals surface area contributed by atoms with Gasteiger partial charge in [-0.15, -0.1) is 0 Å². The summed E-state index contributed by atoms with van der Waals surface area (Å²) in [5, 5.41) is 3.23. The first-order chi connectivity index (χ1) is 10.1. The normalized spacial score (nSPS) is 21.9. The fraction of sp³-hybridized carbons (Fsp3) is 0.600. The molecule has 0 saturated heterocycles. The summed E-state index contributed by atoms with van der Waals surface area (Å²) < 4.78 is 0. The third-order valence-corrected chi connectivity index (χ3v) is 4.49. The van der Waals surface area contributed by atoms with Crippen molar-refractivity contribution in [1.82, 2.24) is 10.3 Å². The van der Waals surface area contributed by atoms with Crippen molar-refractivity contribution in [3.05, 3.63) is 22.8 Å². The Balaban J connectivity index is 1.82. The van der Waals surface area contributed by atoms with Gasteiger partial charge in [0.15, 0.2) is 0 Å². The predicted octanol–water partition coefficient (Wildman–Crippen LogP) is 2.97. The number of aromatic nitrogens is 1. The molecule has 1 aliphatic rings. The predicted molar refractivity (Wildman–Crippen MR) is 85.1 cm³/mol. The van der Waals surface area contributed by atoms with Crippen LogP contribution in [-0.2, 0) is 0 Å². The largest absolute Gasteiger partial charge is 0.351 e. The summed E-state index contributed by atoms with van der Waals surface area (Å²) in [5.41, 5.74) is 2.62. The van der Waals surface area contributed by atoms with Crippen LogP contribution in [0, 0.1) is 11.8 Å². The van der Waals surface area contributed by atoms with Gasteiger partial charge in [-0.2, -0.15) is 0 Å². The Kier molecular flexibility index (Phi) is 5.82. The fourth-order valence-corrected chi connectivity index (χ4v) is 2.96. The first-order valence-corrected chi connectivity index (χ1v) is 7.89. The van der Waals surface area contributed by atoms with Crippen molar-refractivity contribution in [3.63, 3.8) is 0 Å². The Morgan fingerprint density at radius 2 is 2.10 bits per heavy atom. The zero-order valence-electron chi connectivity index (χ0n) is 12.4. The number of carbonyl (C=O) groups excluding carboxylic acids is 1. The van der Waals surface area contributed by atoms with Gasteiger partial charge in [-0.25, -0.2) is 10.8 Å². The number of nitrogens with two attached hydrogens (primary N) is 1. The quantitative estimate of drug-likeness (QED) is 0.577. The molecule has 0 radical (unpaired) electrons. The number of rotatable bonds is 5. The molecule has 0 atom stereocenters. The highest BCUT2D eigenvalue weighted by atomic mass is 35.5. The average Bonchev–Trinajstić information content (AvgIpc) is 2.49. The van der Waals surface area contributed by atoms with E-state index in [0.717, 1.165) is 18.3 Å². The summed E-state index contributed by atoms with van der Waals surface area (Å²) in [5.74, 6) is 7.04. The van der Waals surface area contributed by atoms with Crippen molar-refractivity contribution in [2.75, 3.05) is 12.0 Å². The summed E-state index contributed by atoms with van der Waals surface area (Å²) in [4.78, 5) is 16.2. The SMILES string of the molecule is CC1CCC(CCNC(=O)c2nc(NN)ccc2Cl)CC1. The number of amides is 1. The van der Waals surface area contributed by atoms with Crippen molar-refractivity contribution >= 4 is 23.3 Å². The van der Waals surface area contributed by atoms with E-state index in [0.29, 0.717) is 17.4 Å². The zero-order chi connectivity index (χ0) is 15.2. The second-order valence-corrected chi connectivity index (χ2v) is 6.25. The number of anilines is 1. The summed E-state index contributed by atoms with van der Waals surface area (Å²) >= 11 is 6.00. The molecule has 1 aromatic rings. The number of pyridine rings is 1. The van der Waals surface area contributed by atoms with Crippen molar-refractivity contribution in [1.29, 1.82) is 0 Å². The maximum absolute atomic E-state index is 12.1. The third-order valence-electron chi connectivity index (χ3n) is 4.18. The summed E-state index contributed by atoms with van der Waals surface area (Å²) in [6.45, 7) is 2.97. The lowest BCUT2D eigenvalue weighted by atomic mass is 9.81. The van der Waals surface area contributed by atoms with Gasteiger partial charge < -0.3 is 10.7 Å². The van der Waals surface area contributed by atoms with Crippen LogP contribution in [-0.4, -0.2) is 17.4 Å². The number of hydrogen-bond acceptors (Lipinski definition) is 4. The molecule has 0 spiro atoms. The highest BCUT2D eigenvalue weighted by Gasteiger charge is 2.18. The molecule has 0 unspecified atom stereocenters. The molecule has 1 heterocycles. The Bertz CT molecular complexity index is 487. The molecule has 1 amide bonds. The van der Waals surface area contributed by atoms with Gasteiger partial charge in [-0.3, -0.25) is 4.79 Å². The van der Waals surface area contributed by atoms with Gasteiger partial charge in [0.25, 0.3) is 5.91 Å². The van der Waals surface area contributed by atoms with Gasteiger partial charge in [0.05, 0.1) is 5.02 Å². The lowest BCUT2D eigenvalue weighted by molar-refractivity contribution is 0.0945. The smallest absolute Gasteiger partial charge is 0.271 e. The standard InChI is InChI=1S/C15H23ClN4O/c1-10-2-4-11(5-3-10)8-9-18-15(21)14-12(16)6-7-13(19-14)20-17/h6-7,10-11H,2-5,8-9,17H2,1H3,(H,18,21)(H,19,20). The molecule has 6 heteroatoms. The molecule has 4 N–H and O–H groups in total. The van der Waals surface area contributed by atoms with Gasteiger partial charge in [0.1, 0.15) is 11.5 Å². The second kappa shape index (κ2) is 7.61. The van der Waals surface area contributed by atoms with Crippen LogP contribution in [0.25, 0.3) is 0 Å². The molecule has 0 aliphatic heterocycles. The van der Waals surface area contributed by atoms with Crippen LogP contribution in [0.4, 0.5) is 5.82 Å². The number of nitrogens with one attached hydrogen (secondary N) is 2. The van der Waals surface area contributed by atoms with E-state index in [4.69, 9.17) is 17.4 Å². The van der Waals surface area contributed by atoms with Crippen molar-refractivity contribution in [3.8, 4) is 0 Å². The highest BCUT2D eigenvalue weighted by Crippen LogP contribution is 2.29. The van der Waals surface area contributed by atoms with E-state index in [1.165, 1.54) is 25.7 Å². The highest BCUT2D eigenvalue weighted by molar-refractivity contribution is 6.33. The lowest BCUT2D eigenvalue weighted by Gasteiger charge is -2.26. The van der Waals surface area contributed by atoms with E-state index in [9.17, 15) is 4.79 Å². The maximum Gasteiger partial charge on any atom is 0.271 e. The Morgan fingerprint density at radius 3 is 2.76 bits per heavy atom. The molecule has 1 fully saturated rings. The Morgan fingerprint density at radius 1 is 1.38 bits per heavy atom. The minimum atomic E-state index is -0.249. The molecule has 0 bridgehead atoms. The van der Waals surface area contributed by atoms with Gasteiger partial charge in [0.2, 0.25) is 0 Å². The summed E-state index contributed by atoms with van der Waals surface area (Å²) in [6, 6.07) is 3.24. The lowest BCUT2D eigenvalue weighted by Crippen LogP contribution is -2.28. The molecular formula is C15H23ClN4O. The molecule has 116 valence electrons. The maximum atomic E-state index is 12.1. The number of halogens is 1. The van der Waals surface area contributed by atoms with Crippen LogP contribution in [0.5, 0.6) is 0 Å². The van der Waals surface area contributed by atoms with E-state index >= 15 is 0 Å². The van der Waals surface area contributed by atoms with Crippen LogP contribution in [0.15, 0.2) is 12.1 Å². The molecule has 1 aliphatic carbocycles. The van der Waals surface area contributed by atoms with Gasteiger partial charge in [-0.05, 0) is 30.4 Å². The van der Waals surface area contributed by atoms with E-state index in [-0.39, 0.29) is 11.6 Å².